The molecule has 0 aromatic heterocycles. The van der Waals surface area contributed by atoms with E-state index in [1.54, 1.807) is 24.5 Å². The molecule has 0 aliphatic heterocycles. The van der Waals surface area contributed by atoms with Crippen molar-refractivity contribution in [3.05, 3.63) is 65.2 Å². The van der Waals surface area contributed by atoms with Crippen LogP contribution in [0.4, 0.5) is 5.69 Å². The molecule has 2 rings (SSSR count). The van der Waals surface area contributed by atoms with E-state index in [1.165, 1.54) is 0 Å². The number of carbonyl (C=O) groups is 2. The summed E-state index contributed by atoms with van der Waals surface area (Å²) < 4.78 is 11.3. The highest BCUT2D eigenvalue weighted by Gasteiger charge is 2.08. The monoisotopic (exact) mass is 372 g/mol. The molecule has 138 valence electrons. The van der Waals surface area contributed by atoms with Gasteiger partial charge in [0, 0.05) is 46.5 Å². The maximum absolute atomic E-state index is 12.3. The second kappa shape index (κ2) is 9.29. The lowest BCUT2D eigenvalue weighted by molar-refractivity contribution is -0.118. The van der Waals surface area contributed by atoms with Crippen LogP contribution in [-0.2, 0) is 27.9 Å². The third-order valence-corrected chi connectivity index (χ3v) is 4.50. The number of hydrogen-bond donors (Lipinski definition) is 2. The fourth-order valence-electron chi connectivity index (χ4n) is 2.31. The number of carbonyl (C=O) groups excluding carboxylic acids is 2. The van der Waals surface area contributed by atoms with Crippen LogP contribution in [0.1, 0.15) is 35.3 Å². The van der Waals surface area contributed by atoms with Crippen LogP contribution in [0.15, 0.2) is 48.5 Å². The van der Waals surface area contributed by atoms with Crippen molar-refractivity contribution in [1.29, 1.82) is 0 Å². The molecular weight excluding hydrogens is 348 g/mol. The van der Waals surface area contributed by atoms with E-state index in [1.807, 2.05) is 44.2 Å². The van der Waals surface area contributed by atoms with Gasteiger partial charge in [-0.3, -0.25) is 13.8 Å². The molecule has 0 bridgehead atoms. The number of hydrogen-bond acceptors (Lipinski definition) is 3. The van der Waals surface area contributed by atoms with Crippen molar-refractivity contribution in [3.8, 4) is 0 Å². The van der Waals surface area contributed by atoms with Crippen LogP contribution in [0.5, 0.6) is 0 Å². The molecule has 0 saturated carbocycles. The van der Waals surface area contributed by atoms with E-state index in [4.69, 9.17) is 0 Å². The maximum Gasteiger partial charge on any atom is 0.251 e. The Bertz CT molecular complexity index is 801. The minimum Gasteiger partial charge on any atom is -0.348 e. The summed E-state index contributed by atoms with van der Waals surface area (Å²) in [5.41, 5.74) is 3.10. The van der Waals surface area contributed by atoms with Crippen molar-refractivity contribution >= 4 is 28.3 Å². The molecule has 0 saturated heterocycles. The Labute approximate surface area is 156 Å². The first kappa shape index (κ1) is 19.8. The van der Waals surface area contributed by atoms with Crippen LogP contribution in [0.25, 0.3) is 0 Å². The minimum atomic E-state index is -0.943. The molecule has 1 atom stereocenters. The van der Waals surface area contributed by atoms with Gasteiger partial charge in [0.05, 0.1) is 0 Å². The van der Waals surface area contributed by atoms with Crippen LogP contribution in [0.2, 0.25) is 0 Å². The lowest BCUT2D eigenvalue weighted by Crippen LogP contribution is -2.23. The molecular formula is C20H24N2O3S. The van der Waals surface area contributed by atoms with Crippen molar-refractivity contribution in [3.63, 3.8) is 0 Å². The van der Waals surface area contributed by atoms with Gasteiger partial charge in [0.15, 0.2) is 0 Å². The Kier molecular flexibility index (Phi) is 7.09. The predicted molar refractivity (Wildman–Crippen MR) is 105 cm³/mol. The normalized spacial score (nSPS) is 11.8. The molecule has 2 aromatic carbocycles. The van der Waals surface area contributed by atoms with Crippen molar-refractivity contribution < 1.29 is 13.8 Å². The zero-order valence-electron chi connectivity index (χ0n) is 15.2. The van der Waals surface area contributed by atoms with E-state index < -0.39 is 10.8 Å². The third-order valence-electron chi connectivity index (χ3n) is 3.76. The molecule has 2 aromatic rings. The van der Waals surface area contributed by atoms with E-state index in [0.29, 0.717) is 17.9 Å². The smallest absolute Gasteiger partial charge is 0.251 e. The van der Waals surface area contributed by atoms with Gasteiger partial charge in [0.2, 0.25) is 5.91 Å². The summed E-state index contributed by atoms with van der Waals surface area (Å²) in [5.74, 6) is 0.157. The quantitative estimate of drug-likeness (QED) is 0.784. The highest BCUT2D eigenvalue weighted by atomic mass is 32.2. The fourth-order valence-corrected chi connectivity index (χ4v) is 2.96. The fraction of sp³-hybridized carbons (Fsp3) is 0.300. The molecule has 0 spiro atoms. The van der Waals surface area contributed by atoms with Gasteiger partial charge in [-0.2, -0.15) is 0 Å². The number of nitrogens with one attached hydrogen (secondary N) is 2. The van der Waals surface area contributed by atoms with Gasteiger partial charge < -0.3 is 10.6 Å². The lowest BCUT2D eigenvalue weighted by Gasteiger charge is -2.09. The average Bonchev–Trinajstić information content (AvgIpc) is 2.60. The topological polar surface area (TPSA) is 75.3 Å². The highest BCUT2D eigenvalue weighted by Crippen LogP contribution is 2.12. The second-order valence-electron chi connectivity index (χ2n) is 6.44. The molecule has 0 radical (unpaired) electrons. The van der Waals surface area contributed by atoms with Crippen LogP contribution in [-0.4, -0.2) is 22.3 Å². The van der Waals surface area contributed by atoms with Crippen molar-refractivity contribution in [2.45, 2.75) is 26.1 Å². The zero-order chi connectivity index (χ0) is 19.1. The number of benzene rings is 2. The highest BCUT2D eigenvalue weighted by molar-refractivity contribution is 7.83. The zero-order valence-corrected chi connectivity index (χ0v) is 16.1. The molecule has 0 fully saturated rings. The van der Waals surface area contributed by atoms with E-state index in [-0.39, 0.29) is 17.7 Å². The van der Waals surface area contributed by atoms with E-state index in [2.05, 4.69) is 10.6 Å². The van der Waals surface area contributed by atoms with Crippen LogP contribution in [0.3, 0.4) is 0 Å². The molecule has 0 heterocycles. The molecule has 0 aliphatic carbocycles. The summed E-state index contributed by atoms with van der Waals surface area (Å²) in [5, 5.41) is 5.70. The van der Waals surface area contributed by atoms with Gasteiger partial charge >= 0.3 is 0 Å². The molecule has 0 aliphatic rings. The van der Waals surface area contributed by atoms with E-state index in [0.717, 1.165) is 16.8 Å². The summed E-state index contributed by atoms with van der Waals surface area (Å²) in [6.45, 7) is 4.07. The van der Waals surface area contributed by atoms with Crippen molar-refractivity contribution in [2.75, 3.05) is 11.6 Å². The molecule has 26 heavy (non-hydrogen) atoms. The van der Waals surface area contributed by atoms with Gasteiger partial charge in [-0.05, 0) is 35.4 Å². The second-order valence-corrected chi connectivity index (χ2v) is 7.88. The van der Waals surface area contributed by atoms with Gasteiger partial charge in [-0.15, -0.1) is 0 Å². The maximum atomic E-state index is 12.3. The van der Waals surface area contributed by atoms with Crippen LogP contribution in [0, 0.1) is 5.92 Å². The first-order valence-corrected chi connectivity index (χ1v) is 10.1. The summed E-state index contributed by atoms with van der Waals surface area (Å²) in [7, 11) is -0.943. The van der Waals surface area contributed by atoms with E-state index >= 15 is 0 Å². The first-order chi connectivity index (χ1) is 12.3. The van der Waals surface area contributed by atoms with Crippen LogP contribution < -0.4 is 10.6 Å². The summed E-state index contributed by atoms with van der Waals surface area (Å²) in [4.78, 5) is 24.0. The molecule has 2 N–H and O–H groups in total. The molecule has 2 amide bonds. The summed E-state index contributed by atoms with van der Waals surface area (Å²) in [6.07, 6.45) is 1.64. The lowest BCUT2D eigenvalue weighted by atomic mass is 10.1. The molecule has 0 unspecified atom stereocenters. The van der Waals surface area contributed by atoms with Crippen LogP contribution >= 0.6 is 0 Å². The SMILES string of the molecule is CC(C)C(=O)Nc1ccc(CNC(=O)c2cccc(C[S@@](C)=O)c2)cc1. The Hall–Kier alpha value is -2.47. The van der Waals surface area contributed by atoms with Gasteiger partial charge in [-0.25, -0.2) is 0 Å². The largest absolute Gasteiger partial charge is 0.348 e. The minimum absolute atomic E-state index is 0.0288. The first-order valence-electron chi connectivity index (χ1n) is 8.42. The van der Waals surface area contributed by atoms with Gasteiger partial charge in [-0.1, -0.05) is 38.1 Å². The van der Waals surface area contributed by atoms with Gasteiger partial charge in [0.25, 0.3) is 5.91 Å². The summed E-state index contributed by atoms with van der Waals surface area (Å²) >= 11 is 0. The third kappa shape index (κ3) is 6.11. The Balaban J connectivity index is 1.93. The Morgan fingerprint density at radius 2 is 1.73 bits per heavy atom. The average molecular weight is 372 g/mol. The Morgan fingerprint density at radius 1 is 1.04 bits per heavy atom. The van der Waals surface area contributed by atoms with Gasteiger partial charge in [0.1, 0.15) is 0 Å². The standard InChI is InChI=1S/C20H24N2O3S/c1-14(2)19(23)22-18-9-7-15(8-10-18)12-21-20(24)17-6-4-5-16(11-17)13-26(3)25/h4-11,14H,12-13H2,1-3H3,(H,21,24)(H,22,23)/t26-/m1/s1. The molecule has 6 heteroatoms. The van der Waals surface area contributed by atoms with Crippen molar-refractivity contribution in [2.24, 2.45) is 5.92 Å². The molecule has 5 nitrogen and oxygen atoms in total. The summed E-state index contributed by atoms with van der Waals surface area (Å²) in [6, 6.07) is 14.5. The van der Waals surface area contributed by atoms with Crippen molar-refractivity contribution in [1.82, 2.24) is 5.32 Å². The number of rotatable bonds is 7. The number of anilines is 1. The van der Waals surface area contributed by atoms with E-state index in [9.17, 15) is 13.8 Å². The Morgan fingerprint density at radius 3 is 2.35 bits per heavy atom. The number of amides is 2. The predicted octanol–water partition coefficient (Wildman–Crippen LogP) is 3.09.